The summed E-state index contributed by atoms with van der Waals surface area (Å²) in [5.74, 6) is 0.670. The third kappa shape index (κ3) is 4.42. The molecule has 0 bridgehead atoms. The molecule has 3 nitrogen and oxygen atoms in total. The molecule has 1 fully saturated rings. The lowest BCUT2D eigenvalue weighted by atomic mass is 10.0. The van der Waals surface area contributed by atoms with E-state index in [1.165, 1.54) is 30.5 Å². The fourth-order valence-electron chi connectivity index (χ4n) is 2.59. The van der Waals surface area contributed by atoms with Crippen LogP contribution in [0.15, 0.2) is 53.4 Å². The first kappa shape index (κ1) is 17.1. The molecule has 24 heavy (non-hydrogen) atoms. The Balaban J connectivity index is 1.54. The maximum absolute atomic E-state index is 14.1. The van der Waals surface area contributed by atoms with Gasteiger partial charge in [0.05, 0.1) is 11.5 Å². The normalized spacial score (nSPS) is 16.1. The highest BCUT2D eigenvalue weighted by Crippen LogP contribution is 2.39. The minimum absolute atomic E-state index is 0.0501. The largest absolute Gasteiger partial charge is 0.297 e. The average Bonchev–Trinajstić information content (AvgIpc) is 3.39. The van der Waals surface area contributed by atoms with Crippen LogP contribution in [0.3, 0.4) is 0 Å². The van der Waals surface area contributed by atoms with Crippen molar-refractivity contribution in [3.05, 3.63) is 65.2 Å². The first-order valence-corrected chi connectivity index (χ1v) is 9.54. The third-order valence-electron chi connectivity index (χ3n) is 4.20. The Hall–Kier alpha value is -1.72. The van der Waals surface area contributed by atoms with Crippen molar-refractivity contribution in [3.63, 3.8) is 0 Å². The molecule has 2 aromatic rings. The predicted octanol–water partition coefficient (Wildman–Crippen LogP) is 4.16. The van der Waals surface area contributed by atoms with Gasteiger partial charge in [0.15, 0.2) is 0 Å². The topological polar surface area (TPSA) is 43.4 Å². The fraction of sp³-hybridized carbons (Fsp3) is 0.368. The van der Waals surface area contributed by atoms with Crippen LogP contribution in [-0.2, 0) is 20.7 Å². The Bertz CT molecular complexity index is 778. The molecule has 0 heterocycles. The molecule has 0 N–H and O–H groups in total. The Labute approximate surface area is 142 Å². The molecule has 3 rings (SSSR count). The van der Waals surface area contributed by atoms with Gasteiger partial charge < -0.3 is 0 Å². The number of alkyl halides is 1. The van der Waals surface area contributed by atoms with Crippen molar-refractivity contribution in [3.8, 4) is 0 Å². The van der Waals surface area contributed by atoms with Gasteiger partial charge in [0.2, 0.25) is 0 Å². The molecule has 0 amide bonds. The van der Waals surface area contributed by atoms with Crippen molar-refractivity contribution >= 4 is 10.1 Å². The quantitative estimate of drug-likeness (QED) is 0.706. The summed E-state index contributed by atoms with van der Waals surface area (Å²) >= 11 is 0. The molecule has 0 saturated heterocycles. The van der Waals surface area contributed by atoms with Crippen LogP contribution in [0.4, 0.5) is 4.39 Å². The highest BCUT2D eigenvalue weighted by atomic mass is 32.2. The van der Waals surface area contributed by atoms with E-state index in [0.29, 0.717) is 5.92 Å². The number of halogens is 1. The van der Waals surface area contributed by atoms with Gasteiger partial charge in [0.25, 0.3) is 10.1 Å². The number of aryl methyl sites for hydroxylation is 1. The molecule has 1 atom stereocenters. The van der Waals surface area contributed by atoms with Crippen molar-refractivity contribution in [1.82, 2.24) is 0 Å². The van der Waals surface area contributed by atoms with Gasteiger partial charge in [-0.2, -0.15) is 8.42 Å². The minimum Gasteiger partial charge on any atom is -0.263 e. The van der Waals surface area contributed by atoms with E-state index in [1.54, 1.807) is 12.1 Å². The molecule has 0 unspecified atom stereocenters. The van der Waals surface area contributed by atoms with Gasteiger partial charge in [0, 0.05) is 6.42 Å². The van der Waals surface area contributed by atoms with Crippen LogP contribution < -0.4 is 0 Å². The summed E-state index contributed by atoms with van der Waals surface area (Å²) in [5.41, 5.74) is 3.10. The van der Waals surface area contributed by atoms with Crippen molar-refractivity contribution in [1.29, 1.82) is 0 Å². The van der Waals surface area contributed by atoms with E-state index in [4.69, 9.17) is 4.18 Å². The van der Waals surface area contributed by atoms with E-state index in [2.05, 4.69) is 0 Å². The smallest absolute Gasteiger partial charge is 0.263 e. The zero-order chi connectivity index (χ0) is 17.2. The van der Waals surface area contributed by atoms with E-state index in [-0.39, 0.29) is 11.3 Å². The third-order valence-corrected chi connectivity index (χ3v) is 5.50. The number of hydrogen-bond acceptors (Lipinski definition) is 3. The minimum atomic E-state index is -3.91. The summed E-state index contributed by atoms with van der Waals surface area (Å²) in [7, 11) is -3.91. The van der Waals surface area contributed by atoms with Gasteiger partial charge >= 0.3 is 0 Å². The van der Waals surface area contributed by atoms with Crippen molar-refractivity contribution < 1.29 is 17.0 Å². The highest BCUT2D eigenvalue weighted by Gasteiger charge is 2.23. The van der Waals surface area contributed by atoms with Gasteiger partial charge in [-0.3, -0.25) is 4.18 Å². The van der Waals surface area contributed by atoms with Gasteiger partial charge in [0.1, 0.15) is 6.17 Å². The van der Waals surface area contributed by atoms with Crippen LogP contribution in [0.1, 0.15) is 35.4 Å². The van der Waals surface area contributed by atoms with Crippen LogP contribution in [0, 0.1) is 6.92 Å². The number of hydrogen-bond donors (Lipinski definition) is 0. The zero-order valence-corrected chi connectivity index (χ0v) is 14.4. The SMILES string of the molecule is Cc1ccc(S(=O)(=O)OC[C@H](F)Cc2ccc(C3CC3)cc2)cc1. The maximum atomic E-state index is 14.1. The summed E-state index contributed by atoms with van der Waals surface area (Å²) in [6.07, 6.45) is 1.25. The molecule has 1 aliphatic rings. The molecule has 0 aromatic heterocycles. The fourth-order valence-corrected chi connectivity index (χ4v) is 3.53. The lowest BCUT2D eigenvalue weighted by Gasteiger charge is -2.10. The molecule has 0 aliphatic heterocycles. The van der Waals surface area contributed by atoms with Crippen molar-refractivity contribution in [2.45, 2.75) is 43.2 Å². The second-order valence-electron chi connectivity index (χ2n) is 6.37. The van der Waals surface area contributed by atoms with Crippen LogP contribution in [0.2, 0.25) is 0 Å². The monoisotopic (exact) mass is 348 g/mol. The lowest BCUT2D eigenvalue weighted by Crippen LogP contribution is -2.17. The Morgan fingerprint density at radius 2 is 1.71 bits per heavy atom. The summed E-state index contributed by atoms with van der Waals surface area (Å²) in [6.45, 7) is 1.39. The lowest BCUT2D eigenvalue weighted by molar-refractivity contribution is 0.200. The highest BCUT2D eigenvalue weighted by molar-refractivity contribution is 7.86. The standard InChI is InChI=1S/C19H21FO3S/c1-14-2-10-19(11-3-14)24(21,22)23-13-18(20)12-15-4-6-16(7-5-15)17-8-9-17/h2-7,10-11,17-18H,8-9,12-13H2,1H3/t18-/m1/s1. The summed E-state index contributed by atoms with van der Waals surface area (Å²) in [5, 5.41) is 0. The molecule has 1 aliphatic carbocycles. The van der Waals surface area contributed by atoms with E-state index in [0.717, 1.165) is 11.1 Å². The van der Waals surface area contributed by atoms with Gasteiger partial charge in [-0.25, -0.2) is 4.39 Å². The maximum Gasteiger partial charge on any atom is 0.297 e. The van der Waals surface area contributed by atoms with E-state index >= 15 is 0 Å². The van der Waals surface area contributed by atoms with Crippen LogP contribution in [0.5, 0.6) is 0 Å². The predicted molar refractivity (Wildman–Crippen MR) is 91.3 cm³/mol. The molecule has 1 saturated carbocycles. The number of benzene rings is 2. The van der Waals surface area contributed by atoms with Gasteiger partial charge in [-0.05, 0) is 48.9 Å². The first-order valence-electron chi connectivity index (χ1n) is 8.13. The Kier molecular flexibility index (Phi) is 5.01. The van der Waals surface area contributed by atoms with Crippen molar-refractivity contribution in [2.75, 3.05) is 6.61 Å². The Morgan fingerprint density at radius 3 is 2.29 bits per heavy atom. The van der Waals surface area contributed by atoms with E-state index < -0.39 is 22.9 Å². The molecule has 5 heteroatoms. The summed E-state index contributed by atoms with van der Waals surface area (Å²) in [6, 6.07) is 14.2. The van der Waals surface area contributed by atoms with E-state index in [9.17, 15) is 12.8 Å². The summed E-state index contributed by atoms with van der Waals surface area (Å²) < 4.78 is 43.0. The second-order valence-corrected chi connectivity index (χ2v) is 7.98. The van der Waals surface area contributed by atoms with Crippen molar-refractivity contribution in [2.24, 2.45) is 0 Å². The molecule has 0 spiro atoms. The molecular weight excluding hydrogens is 327 g/mol. The molecular formula is C19H21FO3S. The Morgan fingerprint density at radius 1 is 1.08 bits per heavy atom. The molecule has 2 aromatic carbocycles. The molecule has 128 valence electrons. The summed E-state index contributed by atoms with van der Waals surface area (Å²) in [4.78, 5) is 0.0501. The van der Waals surface area contributed by atoms with Crippen LogP contribution >= 0.6 is 0 Å². The van der Waals surface area contributed by atoms with Gasteiger partial charge in [-0.15, -0.1) is 0 Å². The second kappa shape index (κ2) is 7.03. The first-order chi connectivity index (χ1) is 11.4. The zero-order valence-electron chi connectivity index (χ0n) is 13.6. The van der Waals surface area contributed by atoms with Gasteiger partial charge in [-0.1, -0.05) is 42.0 Å². The van der Waals surface area contributed by atoms with E-state index in [1.807, 2.05) is 31.2 Å². The number of rotatable bonds is 7. The molecule has 0 radical (unpaired) electrons. The van der Waals surface area contributed by atoms with Crippen LogP contribution in [0.25, 0.3) is 0 Å². The van der Waals surface area contributed by atoms with Crippen LogP contribution in [-0.4, -0.2) is 21.2 Å². The average molecular weight is 348 g/mol.